The first kappa shape index (κ1) is 15.7. The van der Waals surface area contributed by atoms with Crippen LogP contribution in [-0.4, -0.2) is 18.8 Å². The summed E-state index contributed by atoms with van der Waals surface area (Å²) < 4.78 is 5.15. The van der Waals surface area contributed by atoms with E-state index >= 15 is 0 Å². The number of ether oxygens (including phenoxy) is 1. The fourth-order valence-electron chi connectivity index (χ4n) is 1.74. The van der Waals surface area contributed by atoms with E-state index in [1.807, 2.05) is 48.5 Å². The summed E-state index contributed by atoms with van der Waals surface area (Å²) in [5, 5.41) is 3.55. The average molecular weight is 322 g/mol. The van der Waals surface area contributed by atoms with E-state index < -0.39 is 0 Å². The number of thioether (sulfide) groups is 1. The van der Waals surface area contributed by atoms with E-state index in [-0.39, 0.29) is 5.91 Å². The van der Waals surface area contributed by atoms with Crippen LogP contribution in [0.4, 0.5) is 0 Å². The lowest BCUT2D eigenvalue weighted by atomic mass is 10.2. The molecule has 0 atom stereocenters. The molecule has 21 heavy (non-hydrogen) atoms. The Balaban J connectivity index is 1.81. The van der Waals surface area contributed by atoms with Gasteiger partial charge in [0.05, 0.1) is 17.9 Å². The lowest BCUT2D eigenvalue weighted by Crippen LogP contribution is -2.24. The van der Waals surface area contributed by atoms with Crippen LogP contribution in [0.15, 0.2) is 53.4 Å². The molecule has 2 aromatic rings. The highest BCUT2D eigenvalue weighted by Crippen LogP contribution is 2.26. The van der Waals surface area contributed by atoms with Crippen LogP contribution in [-0.2, 0) is 11.3 Å². The maximum Gasteiger partial charge on any atom is 0.230 e. The summed E-state index contributed by atoms with van der Waals surface area (Å²) in [6, 6.07) is 15.1. The summed E-state index contributed by atoms with van der Waals surface area (Å²) in [4.78, 5) is 12.8. The monoisotopic (exact) mass is 321 g/mol. The molecule has 110 valence electrons. The molecule has 2 aromatic carbocycles. The molecule has 5 heteroatoms. The summed E-state index contributed by atoms with van der Waals surface area (Å²) in [6.45, 7) is 0.485. The Morgan fingerprint density at radius 2 is 2.05 bits per heavy atom. The molecule has 0 aromatic heterocycles. The zero-order chi connectivity index (χ0) is 15.1. The number of halogens is 1. The fourth-order valence-corrected chi connectivity index (χ4v) is 2.81. The second kappa shape index (κ2) is 7.96. The van der Waals surface area contributed by atoms with Gasteiger partial charge in [-0.05, 0) is 29.8 Å². The van der Waals surface area contributed by atoms with Gasteiger partial charge >= 0.3 is 0 Å². The van der Waals surface area contributed by atoms with Gasteiger partial charge in [0.1, 0.15) is 5.75 Å². The molecule has 0 saturated carbocycles. The minimum absolute atomic E-state index is 0.0252. The molecule has 0 aliphatic carbocycles. The summed E-state index contributed by atoms with van der Waals surface area (Å²) in [5.74, 6) is 1.10. The maximum atomic E-state index is 11.8. The maximum absolute atomic E-state index is 11.8. The van der Waals surface area contributed by atoms with Gasteiger partial charge in [-0.1, -0.05) is 35.9 Å². The minimum atomic E-state index is -0.0252. The molecule has 1 amide bonds. The van der Waals surface area contributed by atoms with Crippen LogP contribution in [0.1, 0.15) is 5.56 Å². The smallest absolute Gasteiger partial charge is 0.230 e. The van der Waals surface area contributed by atoms with Gasteiger partial charge in [-0.25, -0.2) is 0 Å². The first-order valence-electron chi connectivity index (χ1n) is 6.46. The van der Waals surface area contributed by atoms with Gasteiger partial charge in [0.15, 0.2) is 0 Å². The molecule has 0 heterocycles. The van der Waals surface area contributed by atoms with Gasteiger partial charge in [0.2, 0.25) is 5.91 Å². The quantitative estimate of drug-likeness (QED) is 0.823. The van der Waals surface area contributed by atoms with Gasteiger partial charge in [-0.2, -0.15) is 0 Å². The van der Waals surface area contributed by atoms with Crippen molar-refractivity contribution in [3.05, 3.63) is 59.1 Å². The Kier molecular flexibility index (Phi) is 5.96. The van der Waals surface area contributed by atoms with Crippen LogP contribution < -0.4 is 10.1 Å². The van der Waals surface area contributed by atoms with E-state index in [0.717, 1.165) is 16.2 Å². The number of hydrogen-bond acceptors (Lipinski definition) is 3. The van der Waals surface area contributed by atoms with Gasteiger partial charge in [-0.15, -0.1) is 11.8 Å². The van der Waals surface area contributed by atoms with Gasteiger partial charge in [-0.3, -0.25) is 4.79 Å². The summed E-state index contributed by atoms with van der Waals surface area (Å²) >= 11 is 7.48. The molecule has 1 N–H and O–H groups in total. The second-order valence-corrected chi connectivity index (χ2v) is 5.77. The Morgan fingerprint density at radius 1 is 1.24 bits per heavy atom. The predicted octanol–water partition coefficient (Wildman–Crippen LogP) is 3.76. The summed E-state index contributed by atoms with van der Waals surface area (Å²) in [5.41, 5.74) is 1.01. The standard InChI is InChI=1S/C16H16ClNO2S/c1-20-13-6-4-5-12(9-13)10-18-16(19)11-21-15-8-3-2-7-14(15)17/h2-9H,10-11H2,1H3,(H,18,19). The van der Waals surface area contributed by atoms with Crippen LogP contribution in [0, 0.1) is 0 Å². The Labute approximate surface area is 133 Å². The van der Waals surface area contributed by atoms with Crippen molar-refractivity contribution in [1.29, 1.82) is 0 Å². The number of rotatable bonds is 6. The molecular weight excluding hydrogens is 306 g/mol. The van der Waals surface area contributed by atoms with E-state index in [1.165, 1.54) is 11.8 Å². The highest BCUT2D eigenvalue weighted by Gasteiger charge is 2.05. The number of carbonyl (C=O) groups is 1. The number of methoxy groups -OCH3 is 1. The number of amides is 1. The minimum Gasteiger partial charge on any atom is -0.497 e. The van der Waals surface area contributed by atoms with Gasteiger partial charge in [0.25, 0.3) is 0 Å². The van der Waals surface area contributed by atoms with E-state index in [9.17, 15) is 4.79 Å². The third-order valence-electron chi connectivity index (χ3n) is 2.82. The van der Waals surface area contributed by atoms with Gasteiger partial charge < -0.3 is 10.1 Å². The van der Waals surface area contributed by atoms with Crippen molar-refractivity contribution in [2.75, 3.05) is 12.9 Å². The van der Waals surface area contributed by atoms with E-state index in [1.54, 1.807) is 7.11 Å². The van der Waals surface area contributed by atoms with Crippen molar-refractivity contribution in [1.82, 2.24) is 5.32 Å². The van der Waals surface area contributed by atoms with E-state index in [4.69, 9.17) is 16.3 Å². The van der Waals surface area contributed by atoms with E-state index in [2.05, 4.69) is 5.32 Å². The molecule has 0 fully saturated rings. The molecular formula is C16H16ClNO2S. The molecule has 3 nitrogen and oxygen atoms in total. The fraction of sp³-hybridized carbons (Fsp3) is 0.188. The second-order valence-electron chi connectivity index (χ2n) is 4.35. The molecule has 0 spiro atoms. The predicted molar refractivity (Wildman–Crippen MR) is 87.0 cm³/mol. The molecule has 0 aliphatic rings. The summed E-state index contributed by atoms with van der Waals surface area (Å²) in [6.07, 6.45) is 0. The number of nitrogens with one attached hydrogen (secondary N) is 1. The molecule has 0 bridgehead atoms. The van der Waals surface area contributed by atoms with Crippen molar-refractivity contribution >= 4 is 29.3 Å². The summed E-state index contributed by atoms with van der Waals surface area (Å²) in [7, 11) is 1.62. The van der Waals surface area contributed by atoms with E-state index in [0.29, 0.717) is 17.3 Å². The van der Waals surface area contributed by atoms with Crippen LogP contribution >= 0.6 is 23.4 Å². The van der Waals surface area contributed by atoms with Crippen LogP contribution in [0.2, 0.25) is 5.02 Å². The molecule has 2 rings (SSSR count). The third kappa shape index (κ3) is 4.99. The highest BCUT2D eigenvalue weighted by atomic mass is 35.5. The molecule has 0 radical (unpaired) electrons. The first-order chi connectivity index (χ1) is 10.2. The number of hydrogen-bond donors (Lipinski definition) is 1. The van der Waals surface area contributed by atoms with Crippen LogP contribution in [0.25, 0.3) is 0 Å². The zero-order valence-electron chi connectivity index (χ0n) is 11.6. The van der Waals surface area contributed by atoms with Crippen molar-refractivity contribution in [3.63, 3.8) is 0 Å². The Morgan fingerprint density at radius 3 is 2.81 bits per heavy atom. The molecule has 0 unspecified atom stereocenters. The normalized spacial score (nSPS) is 10.2. The van der Waals surface area contributed by atoms with Crippen molar-refractivity contribution < 1.29 is 9.53 Å². The molecule has 0 aliphatic heterocycles. The third-order valence-corrected chi connectivity index (χ3v) is 4.33. The lowest BCUT2D eigenvalue weighted by molar-refractivity contribution is -0.118. The van der Waals surface area contributed by atoms with Gasteiger partial charge in [0, 0.05) is 11.4 Å². The van der Waals surface area contributed by atoms with Crippen molar-refractivity contribution in [2.45, 2.75) is 11.4 Å². The number of carbonyl (C=O) groups excluding carboxylic acids is 1. The molecule has 0 saturated heterocycles. The topological polar surface area (TPSA) is 38.3 Å². The SMILES string of the molecule is COc1cccc(CNC(=O)CSc2ccccc2Cl)c1. The average Bonchev–Trinajstić information content (AvgIpc) is 2.52. The van der Waals surface area contributed by atoms with Crippen molar-refractivity contribution in [3.8, 4) is 5.75 Å². The lowest BCUT2D eigenvalue weighted by Gasteiger charge is -2.07. The Bertz CT molecular complexity index is 619. The number of benzene rings is 2. The van der Waals surface area contributed by atoms with Crippen LogP contribution in [0.5, 0.6) is 5.75 Å². The largest absolute Gasteiger partial charge is 0.497 e. The Hall–Kier alpha value is -1.65. The zero-order valence-corrected chi connectivity index (χ0v) is 13.2. The first-order valence-corrected chi connectivity index (χ1v) is 7.82. The van der Waals surface area contributed by atoms with Crippen LogP contribution in [0.3, 0.4) is 0 Å². The van der Waals surface area contributed by atoms with Crippen molar-refractivity contribution in [2.24, 2.45) is 0 Å². The highest BCUT2D eigenvalue weighted by molar-refractivity contribution is 8.00.